The fourth-order valence-corrected chi connectivity index (χ4v) is 16.5. The fraction of sp³-hybridized carbons (Fsp3) is 0.364. The molecule has 29 heavy (non-hydrogen) atoms. The van der Waals surface area contributed by atoms with Crippen molar-refractivity contribution in [1.82, 2.24) is 0 Å². The zero-order valence-electron chi connectivity index (χ0n) is 19.2. The van der Waals surface area contributed by atoms with Crippen LogP contribution in [0.3, 0.4) is 0 Å². The lowest BCUT2D eigenvalue weighted by Gasteiger charge is -2.45. The van der Waals surface area contributed by atoms with Gasteiger partial charge in [0.1, 0.15) is 0 Å². The quantitative estimate of drug-likeness (QED) is 0.317. The Morgan fingerprint density at radius 1 is 0.724 bits per heavy atom. The van der Waals surface area contributed by atoms with E-state index in [2.05, 4.69) is 90.2 Å². The molecule has 0 N–H and O–H groups in total. The molecule has 0 saturated carbocycles. The maximum atomic E-state index is 6.84. The van der Waals surface area contributed by atoms with E-state index < -0.39 is 33.8 Å². The van der Waals surface area contributed by atoms with Gasteiger partial charge in [-0.2, -0.15) is 0 Å². The minimum atomic E-state index is -3.14. The second kappa shape index (κ2) is 10.3. The molecule has 0 spiro atoms. The van der Waals surface area contributed by atoms with Crippen molar-refractivity contribution in [3.8, 4) is 0 Å². The van der Waals surface area contributed by atoms with Gasteiger partial charge in [0.15, 0.2) is 0 Å². The largest absolute Gasteiger partial charge is 0.477 e. The van der Waals surface area contributed by atoms with Gasteiger partial charge in [0.05, 0.1) is 0 Å². The lowest BCUT2D eigenvalue weighted by atomic mass is 10.2. The Morgan fingerprint density at radius 3 is 1.45 bits per heavy atom. The Bertz CT molecular complexity index is 672. The van der Waals surface area contributed by atoms with Gasteiger partial charge in [-0.1, -0.05) is 66.5 Å². The van der Waals surface area contributed by atoms with E-state index in [9.17, 15) is 0 Å². The number of benzene rings is 1. The third kappa shape index (κ3) is 8.29. The Balaban J connectivity index is 3.50. The summed E-state index contributed by atoms with van der Waals surface area (Å²) in [7, 11) is -9.71. The van der Waals surface area contributed by atoms with Crippen LogP contribution in [0.15, 0.2) is 73.2 Å². The summed E-state index contributed by atoms with van der Waals surface area (Å²) >= 11 is 0. The van der Waals surface area contributed by atoms with Crippen molar-refractivity contribution in [3.05, 3.63) is 78.8 Å². The van der Waals surface area contributed by atoms with Crippen LogP contribution in [0.5, 0.6) is 0 Å². The van der Waals surface area contributed by atoms with Crippen molar-refractivity contribution in [1.29, 1.82) is 0 Å². The molecule has 160 valence electrons. The van der Waals surface area contributed by atoms with Crippen LogP contribution in [-0.2, 0) is 12.3 Å². The van der Waals surface area contributed by atoms with E-state index in [0.29, 0.717) is 0 Å². The van der Waals surface area contributed by atoms with Gasteiger partial charge in [-0.25, -0.2) is 0 Å². The molecule has 0 aliphatic rings. The first kappa shape index (κ1) is 26.0. The average Bonchev–Trinajstić information content (AvgIpc) is 2.65. The number of allylic oxidation sites excluding steroid dienone is 1. The normalized spacial score (nSPS) is 14.6. The highest BCUT2D eigenvalue weighted by Crippen LogP contribution is 2.36. The molecule has 1 unspecified atom stereocenters. The summed E-state index contributed by atoms with van der Waals surface area (Å²) in [6.07, 6.45) is 4.28. The molecule has 1 aromatic carbocycles. The van der Waals surface area contributed by atoms with E-state index in [0.717, 1.165) is 5.56 Å². The molecule has 0 amide bonds. The summed E-state index contributed by atoms with van der Waals surface area (Å²) < 4.78 is 20.5. The van der Waals surface area contributed by atoms with Gasteiger partial charge >= 0.3 is 8.80 Å². The summed E-state index contributed by atoms with van der Waals surface area (Å²) in [4.78, 5) is 0. The number of rotatable bonds is 12. The Hall–Kier alpha value is -1.07. The zero-order chi connectivity index (χ0) is 22.3. The Morgan fingerprint density at radius 2 is 1.10 bits per heavy atom. The predicted molar refractivity (Wildman–Crippen MR) is 137 cm³/mol. The molecular weight excluding hydrogens is 425 g/mol. The van der Waals surface area contributed by atoms with Crippen LogP contribution in [0.4, 0.5) is 0 Å². The van der Waals surface area contributed by atoms with Crippen molar-refractivity contribution in [3.63, 3.8) is 0 Å². The minimum absolute atomic E-state index is 0.0205. The monoisotopic (exact) mass is 462 g/mol. The van der Waals surface area contributed by atoms with Crippen LogP contribution in [0.2, 0.25) is 44.8 Å². The SMILES string of the molecule is C=C[Si](C)(C)O[Si](O[Si](C)(C)C=C)(O[Si](C)(C)C=C)C(C)C=Cc1ccccc1. The molecule has 0 aliphatic carbocycles. The van der Waals surface area contributed by atoms with Gasteiger partial charge in [0.2, 0.25) is 25.0 Å². The first-order valence-electron chi connectivity index (χ1n) is 10.0. The van der Waals surface area contributed by atoms with Gasteiger partial charge in [-0.05, 0) is 44.8 Å². The fourth-order valence-electron chi connectivity index (χ4n) is 2.50. The highest BCUT2D eigenvalue weighted by Gasteiger charge is 2.54. The molecule has 0 saturated heterocycles. The maximum absolute atomic E-state index is 6.84. The van der Waals surface area contributed by atoms with Crippen molar-refractivity contribution in [2.45, 2.75) is 51.7 Å². The minimum Gasteiger partial charge on any atom is -0.412 e. The first-order valence-corrected chi connectivity index (χ1v) is 20.8. The first-order chi connectivity index (χ1) is 13.3. The summed E-state index contributed by atoms with van der Waals surface area (Å²) in [5, 5.41) is 0. The van der Waals surface area contributed by atoms with Crippen LogP contribution in [-0.4, -0.2) is 33.8 Å². The van der Waals surface area contributed by atoms with E-state index in [1.54, 1.807) is 0 Å². The molecule has 0 aliphatic heterocycles. The molecule has 0 fully saturated rings. The molecule has 7 heteroatoms. The molecule has 0 bridgehead atoms. The van der Waals surface area contributed by atoms with Crippen molar-refractivity contribution in [2.75, 3.05) is 0 Å². The molecule has 1 rings (SSSR count). The summed E-state index contributed by atoms with van der Waals surface area (Å²) in [6.45, 7) is 27.0. The third-order valence-corrected chi connectivity index (χ3v) is 18.6. The second-order valence-corrected chi connectivity index (χ2v) is 24.3. The number of hydrogen-bond acceptors (Lipinski definition) is 3. The highest BCUT2D eigenvalue weighted by atomic mass is 28.5. The van der Waals surface area contributed by atoms with Crippen molar-refractivity contribution >= 4 is 39.8 Å². The second-order valence-electron chi connectivity index (χ2n) is 8.89. The van der Waals surface area contributed by atoms with E-state index in [1.165, 1.54) is 0 Å². The Labute approximate surface area is 182 Å². The summed E-state index contributed by atoms with van der Waals surface area (Å²) in [5.41, 5.74) is 6.95. The average molecular weight is 463 g/mol. The van der Waals surface area contributed by atoms with Crippen LogP contribution in [0.1, 0.15) is 12.5 Å². The van der Waals surface area contributed by atoms with Gasteiger partial charge in [-0.3, -0.25) is 0 Å². The topological polar surface area (TPSA) is 27.7 Å². The van der Waals surface area contributed by atoms with Crippen LogP contribution in [0, 0.1) is 0 Å². The summed E-state index contributed by atoms with van der Waals surface area (Å²) in [6, 6.07) is 10.3. The molecular formula is C22H38O3Si4. The molecule has 1 aromatic rings. The standard InChI is InChI=1S/C22H38O3Si4/c1-11-26(5,6)23-29(24-27(7,8)12-2,25-28(9,10)13-3)21(4)19-20-22-17-15-14-16-18-22/h11-21H,1-3H2,4-10H3. The third-order valence-electron chi connectivity index (χ3n) is 4.63. The van der Waals surface area contributed by atoms with Gasteiger partial charge in [0.25, 0.3) is 0 Å². The summed E-state index contributed by atoms with van der Waals surface area (Å²) in [5.74, 6) is 0. The van der Waals surface area contributed by atoms with E-state index in [1.807, 2.05) is 35.3 Å². The molecule has 0 aromatic heterocycles. The lowest BCUT2D eigenvalue weighted by Crippen LogP contribution is -2.63. The smallest absolute Gasteiger partial charge is 0.412 e. The Kier molecular flexibility index (Phi) is 9.22. The highest BCUT2D eigenvalue weighted by molar-refractivity contribution is 6.94. The lowest BCUT2D eigenvalue weighted by molar-refractivity contribution is 0.248. The van der Waals surface area contributed by atoms with E-state index in [4.69, 9.17) is 12.3 Å². The van der Waals surface area contributed by atoms with Crippen molar-refractivity contribution in [2.24, 2.45) is 0 Å². The molecule has 1 atom stereocenters. The van der Waals surface area contributed by atoms with Gasteiger partial charge in [-0.15, -0.1) is 19.7 Å². The van der Waals surface area contributed by atoms with Crippen LogP contribution in [0.25, 0.3) is 6.08 Å². The molecule has 0 radical (unpaired) electrons. The maximum Gasteiger partial charge on any atom is 0.477 e. The van der Waals surface area contributed by atoms with E-state index >= 15 is 0 Å². The van der Waals surface area contributed by atoms with Crippen LogP contribution < -0.4 is 0 Å². The van der Waals surface area contributed by atoms with Gasteiger partial charge < -0.3 is 12.3 Å². The number of hydrogen-bond donors (Lipinski definition) is 0. The van der Waals surface area contributed by atoms with Crippen molar-refractivity contribution < 1.29 is 12.3 Å². The molecule has 3 nitrogen and oxygen atoms in total. The zero-order valence-corrected chi connectivity index (χ0v) is 23.2. The predicted octanol–water partition coefficient (Wildman–Crippen LogP) is 6.87. The van der Waals surface area contributed by atoms with Gasteiger partial charge in [0, 0.05) is 5.54 Å². The molecule has 0 heterocycles. The van der Waals surface area contributed by atoms with E-state index in [-0.39, 0.29) is 5.54 Å². The van der Waals surface area contributed by atoms with Crippen LogP contribution >= 0.6 is 0 Å².